The summed E-state index contributed by atoms with van der Waals surface area (Å²) >= 11 is 1.11. The number of alkyl halides is 3. The molecule has 0 saturated heterocycles. The van der Waals surface area contributed by atoms with E-state index in [0.29, 0.717) is 15.9 Å². The highest BCUT2D eigenvalue weighted by atomic mass is 32.1. The summed E-state index contributed by atoms with van der Waals surface area (Å²) in [6, 6.07) is 5.27. The van der Waals surface area contributed by atoms with Gasteiger partial charge >= 0.3 is 12.1 Å². The zero-order valence-electron chi connectivity index (χ0n) is 17.0. The van der Waals surface area contributed by atoms with Gasteiger partial charge in [-0.3, -0.25) is 4.79 Å². The van der Waals surface area contributed by atoms with Crippen molar-refractivity contribution in [1.82, 2.24) is 19.9 Å². The Morgan fingerprint density at radius 1 is 1.22 bits per heavy atom. The summed E-state index contributed by atoms with van der Waals surface area (Å²) < 4.78 is 46.5. The fourth-order valence-corrected chi connectivity index (χ4v) is 4.19. The van der Waals surface area contributed by atoms with Gasteiger partial charge in [-0.15, -0.1) is 11.3 Å². The van der Waals surface area contributed by atoms with E-state index < -0.39 is 29.4 Å². The Hall–Kier alpha value is -3.54. The number of carbonyl (C=O) groups is 1. The van der Waals surface area contributed by atoms with E-state index in [1.54, 1.807) is 18.2 Å². The number of ether oxygens (including phenoxy) is 1. The molecular formula is C20H16F3N5O3S. The van der Waals surface area contributed by atoms with E-state index in [2.05, 4.69) is 30.0 Å². The van der Waals surface area contributed by atoms with Crippen molar-refractivity contribution in [3.05, 3.63) is 56.7 Å². The predicted octanol–water partition coefficient (Wildman–Crippen LogP) is 4.21. The Morgan fingerprint density at radius 2 is 1.97 bits per heavy atom. The van der Waals surface area contributed by atoms with E-state index in [1.165, 1.54) is 21.0 Å². The summed E-state index contributed by atoms with van der Waals surface area (Å²) in [6.07, 6.45) is -4.74. The minimum Gasteiger partial charge on any atom is -0.464 e. The summed E-state index contributed by atoms with van der Waals surface area (Å²) in [5.41, 5.74) is -1.08. The quantitative estimate of drug-likeness (QED) is 0.436. The first-order valence-corrected chi connectivity index (χ1v) is 10.1. The van der Waals surface area contributed by atoms with E-state index >= 15 is 0 Å². The van der Waals surface area contributed by atoms with Crippen LogP contribution < -0.4 is 10.9 Å². The van der Waals surface area contributed by atoms with Gasteiger partial charge < -0.3 is 15.0 Å². The number of fused-ring (bicyclic) bond motifs is 2. The highest BCUT2D eigenvalue weighted by Crippen LogP contribution is 2.36. The minimum atomic E-state index is -4.74. The number of benzene rings is 1. The second-order valence-corrected chi connectivity index (χ2v) is 8.04. The van der Waals surface area contributed by atoms with Crippen LogP contribution in [0.25, 0.3) is 21.3 Å². The Labute approximate surface area is 182 Å². The molecule has 0 aliphatic heterocycles. The second-order valence-electron chi connectivity index (χ2n) is 7.01. The molecular weight excluding hydrogens is 447 g/mol. The van der Waals surface area contributed by atoms with Crippen molar-refractivity contribution in [3.63, 3.8) is 0 Å². The molecule has 8 nitrogen and oxygen atoms in total. The van der Waals surface area contributed by atoms with Crippen LogP contribution >= 0.6 is 11.3 Å². The smallest absolute Gasteiger partial charge is 0.433 e. The zero-order chi connectivity index (χ0) is 23.2. The second kappa shape index (κ2) is 7.86. The average Bonchev–Trinajstić information content (AvgIpc) is 3.15. The standard InChI is InChI=1S/C20H16F3N5O3S/c1-8(24-10-4-5-13-14(6-10)32-18(27-13)19(30)31-3)11-7-12-16(25-9(2)26-17(12)29)28-15(11)20(21,22)23/h4-8,24H,1-3H3,(H,25,26,28,29)/t8-/m0/s1. The number of esters is 1. The van der Waals surface area contributed by atoms with E-state index in [-0.39, 0.29) is 27.4 Å². The van der Waals surface area contributed by atoms with Crippen LogP contribution in [0.1, 0.15) is 39.8 Å². The maximum absolute atomic E-state index is 13.7. The Kier molecular flexibility index (Phi) is 5.33. The topological polar surface area (TPSA) is 110 Å². The molecule has 0 fully saturated rings. The number of nitrogens with one attached hydrogen (secondary N) is 2. The average molecular weight is 463 g/mol. The van der Waals surface area contributed by atoms with Crippen LogP contribution in [0.15, 0.2) is 29.1 Å². The number of hydrogen-bond acceptors (Lipinski definition) is 8. The van der Waals surface area contributed by atoms with Crippen molar-refractivity contribution in [3.8, 4) is 0 Å². The number of nitrogens with zero attached hydrogens (tertiary/aromatic N) is 3. The summed E-state index contributed by atoms with van der Waals surface area (Å²) in [5.74, 6) is -0.397. The highest BCUT2D eigenvalue weighted by Gasteiger charge is 2.37. The fraction of sp³-hybridized carbons (Fsp3) is 0.250. The molecule has 3 aromatic heterocycles. The van der Waals surface area contributed by atoms with Gasteiger partial charge in [0.15, 0.2) is 11.3 Å². The van der Waals surface area contributed by atoms with Crippen LogP contribution in [0.3, 0.4) is 0 Å². The molecule has 0 spiro atoms. The van der Waals surface area contributed by atoms with Crippen molar-refractivity contribution in [2.24, 2.45) is 0 Å². The third-order valence-corrected chi connectivity index (χ3v) is 5.71. The van der Waals surface area contributed by atoms with Gasteiger partial charge in [0, 0.05) is 11.3 Å². The first kappa shape index (κ1) is 21.7. The molecule has 0 bridgehead atoms. The lowest BCUT2D eigenvalue weighted by Crippen LogP contribution is -2.20. The van der Waals surface area contributed by atoms with Crippen LogP contribution in [0, 0.1) is 6.92 Å². The first-order chi connectivity index (χ1) is 15.1. The molecule has 166 valence electrons. The summed E-state index contributed by atoms with van der Waals surface area (Å²) in [6.45, 7) is 3.00. The number of carbonyl (C=O) groups excluding carboxylic acids is 1. The number of methoxy groups -OCH3 is 1. The molecule has 1 atom stereocenters. The van der Waals surface area contributed by atoms with Gasteiger partial charge in [-0.25, -0.2) is 19.7 Å². The van der Waals surface area contributed by atoms with Gasteiger partial charge in [-0.05, 0) is 38.1 Å². The molecule has 3 heterocycles. The van der Waals surface area contributed by atoms with Crippen molar-refractivity contribution in [2.45, 2.75) is 26.1 Å². The summed E-state index contributed by atoms with van der Waals surface area (Å²) in [4.78, 5) is 38.1. The van der Waals surface area contributed by atoms with Crippen LogP contribution in [-0.2, 0) is 10.9 Å². The number of rotatable bonds is 4. The molecule has 2 N–H and O–H groups in total. The number of aryl methyl sites for hydroxylation is 1. The summed E-state index contributed by atoms with van der Waals surface area (Å²) in [5, 5.41) is 3.14. The van der Waals surface area contributed by atoms with Crippen molar-refractivity contribution < 1.29 is 22.7 Å². The predicted molar refractivity (Wildman–Crippen MR) is 113 cm³/mol. The first-order valence-electron chi connectivity index (χ1n) is 9.31. The molecule has 0 aliphatic carbocycles. The van der Waals surface area contributed by atoms with Gasteiger partial charge in [0.25, 0.3) is 5.56 Å². The summed E-state index contributed by atoms with van der Waals surface area (Å²) in [7, 11) is 1.25. The third-order valence-electron chi connectivity index (χ3n) is 4.71. The lowest BCUT2D eigenvalue weighted by molar-refractivity contribution is -0.141. The lowest BCUT2D eigenvalue weighted by Gasteiger charge is -2.20. The third kappa shape index (κ3) is 4.00. The maximum Gasteiger partial charge on any atom is 0.433 e. The van der Waals surface area contributed by atoms with Crippen molar-refractivity contribution in [1.29, 1.82) is 0 Å². The van der Waals surface area contributed by atoms with Crippen LogP contribution in [0.5, 0.6) is 0 Å². The van der Waals surface area contributed by atoms with Gasteiger partial charge in [-0.1, -0.05) is 0 Å². The zero-order valence-corrected chi connectivity index (χ0v) is 17.8. The fourth-order valence-electron chi connectivity index (χ4n) is 3.26. The Balaban J connectivity index is 1.75. The molecule has 32 heavy (non-hydrogen) atoms. The monoisotopic (exact) mass is 463 g/mol. The maximum atomic E-state index is 13.7. The largest absolute Gasteiger partial charge is 0.464 e. The lowest BCUT2D eigenvalue weighted by atomic mass is 10.0. The Morgan fingerprint density at radius 3 is 2.66 bits per heavy atom. The van der Waals surface area contributed by atoms with Crippen LogP contribution in [-0.4, -0.2) is 33.0 Å². The molecule has 0 amide bonds. The molecule has 0 saturated carbocycles. The number of thiazole rings is 1. The van der Waals surface area contributed by atoms with E-state index in [0.717, 1.165) is 17.4 Å². The molecule has 4 aromatic rings. The molecule has 0 aliphatic rings. The highest BCUT2D eigenvalue weighted by molar-refractivity contribution is 7.20. The normalized spacial score (nSPS) is 12.8. The number of pyridine rings is 1. The molecule has 1 aromatic carbocycles. The number of aromatic amines is 1. The van der Waals surface area contributed by atoms with Crippen molar-refractivity contribution >= 4 is 44.2 Å². The van der Waals surface area contributed by atoms with E-state index in [4.69, 9.17) is 0 Å². The van der Waals surface area contributed by atoms with Gasteiger partial charge in [-0.2, -0.15) is 13.2 Å². The van der Waals surface area contributed by atoms with Gasteiger partial charge in [0.1, 0.15) is 5.82 Å². The number of halogens is 3. The Bertz CT molecular complexity index is 1410. The van der Waals surface area contributed by atoms with E-state index in [1.807, 2.05) is 0 Å². The van der Waals surface area contributed by atoms with Gasteiger partial charge in [0.05, 0.1) is 28.8 Å². The van der Waals surface area contributed by atoms with Crippen molar-refractivity contribution in [2.75, 3.05) is 12.4 Å². The molecule has 0 unspecified atom stereocenters. The van der Waals surface area contributed by atoms with E-state index in [9.17, 15) is 22.8 Å². The molecule has 0 radical (unpaired) electrons. The molecule has 4 rings (SSSR count). The number of H-pyrrole nitrogens is 1. The van der Waals surface area contributed by atoms with Gasteiger partial charge in [0.2, 0.25) is 5.01 Å². The number of anilines is 1. The molecule has 12 heteroatoms. The minimum absolute atomic E-state index is 0.0344. The van der Waals surface area contributed by atoms with Crippen LogP contribution in [0.2, 0.25) is 0 Å². The van der Waals surface area contributed by atoms with Crippen LogP contribution in [0.4, 0.5) is 18.9 Å². The SMILES string of the molecule is COC(=O)c1nc2ccc(N[C@@H](C)c3cc4c(=O)[nH]c(C)nc4nc3C(F)(F)F)cc2s1. The number of hydrogen-bond donors (Lipinski definition) is 2. The number of aromatic nitrogens is 4.